The lowest BCUT2D eigenvalue weighted by Crippen LogP contribution is -3.09. The van der Waals surface area contributed by atoms with Gasteiger partial charge in [0, 0.05) is 12.1 Å². The number of ether oxygens (including phenoxy) is 2. The molecule has 0 saturated heterocycles. The molecule has 0 aliphatic rings. The van der Waals surface area contributed by atoms with E-state index in [1.54, 1.807) is 14.2 Å². The number of quaternary nitrogens is 1. The normalized spacial score (nSPS) is 11.6. The Morgan fingerprint density at radius 1 is 1.00 bits per heavy atom. The summed E-state index contributed by atoms with van der Waals surface area (Å²) in [4.78, 5) is 13.3. The van der Waals surface area contributed by atoms with E-state index < -0.39 is 0 Å². The Balaban J connectivity index is 1.75. The maximum atomic E-state index is 12.0. The van der Waals surface area contributed by atoms with Crippen LogP contribution >= 0.6 is 0 Å². The fraction of sp³-hybridized carbons (Fsp3) is 0.350. The molecular weight excluding hydrogens is 316 g/mol. The summed E-state index contributed by atoms with van der Waals surface area (Å²) in [6.45, 7) is 1.75. The first-order valence-corrected chi connectivity index (χ1v) is 8.49. The molecule has 0 heterocycles. The number of benzene rings is 2. The summed E-state index contributed by atoms with van der Waals surface area (Å²) in [6, 6.07) is 15.5. The van der Waals surface area contributed by atoms with Gasteiger partial charge in [-0.1, -0.05) is 24.3 Å². The van der Waals surface area contributed by atoms with Crippen LogP contribution in [0.4, 0.5) is 5.69 Å². The second-order valence-electron chi connectivity index (χ2n) is 6.06. The monoisotopic (exact) mass is 343 g/mol. The SMILES string of the molecule is COc1ccc(CC[NH+](C)CCC(=O)Nc2ccccc2)cc1OC. The largest absolute Gasteiger partial charge is 0.493 e. The Bertz CT molecular complexity index is 674. The average Bonchev–Trinajstić information content (AvgIpc) is 2.65. The first-order valence-electron chi connectivity index (χ1n) is 8.49. The van der Waals surface area contributed by atoms with E-state index in [2.05, 4.69) is 18.4 Å². The zero-order valence-electron chi connectivity index (χ0n) is 15.2. The van der Waals surface area contributed by atoms with Gasteiger partial charge in [-0.3, -0.25) is 4.79 Å². The number of methoxy groups -OCH3 is 2. The van der Waals surface area contributed by atoms with Crippen LogP contribution in [0.5, 0.6) is 11.5 Å². The highest BCUT2D eigenvalue weighted by molar-refractivity contribution is 5.90. The molecule has 0 aromatic heterocycles. The predicted molar refractivity (Wildman–Crippen MR) is 99.6 cm³/mol. The number of hydrogen-bond donors (Lipinski definition) is 2. The molecule has 2 aromatic rings. The van der Waals surface area contributed by atoms with Gasteiger partial charge in [0.1, 0.15) is 0 Å². The predicted octanol–water partition coefficient (Wildman–Crippen LogP) is 1.79. The van der Waals surface area contributed by atoms with Gasteiger partial charge in [0.15, 0.2) is 11.5 Å². The van der Waals surface area contributed by atoms with E-state index in [-0.39, 0.29) is 5.91 Å². The molecule has 0 spiro atoms. The van der Waals surface area contributed by atoms with Crippen molar-refractivity contribution in [2.75, 3.05) is 39.7 Å². The van der Waals surface area contributed by atoms with Crippen LogP contribution in [0.15, 0.2) is 48.5 Å². The lowest BCUT2D eigenvalue weighted by atomic mass is 10.1. The summed E-state index contributed by atoms with van der Waals surface area (Å²) >= 11 is 0. The third-order valence-corrected chi connectivity index (χ3v) is 4.12. The van der Waals surface area contributed by atoms with Crippen LogP contribution in [0.25, 0.3) is 0 Å². The number of rotatable bonds is 9. The van der Waals surface area contributed by atoms with E-state index in [0.29, 0.717) is 6.42 Å². The first kappa shape index (κ1) is 18.8. The van der Waals surface area contributed by atoms with Crippen molar-refractivity contribution in [3.63, 3.8) is 0 Å². The van der Waals surface area contributed by atoms with Gasteiger partial charge in [0.05, 0.1) is 40.8 Å². The zero-order chi connectivity index (χ0) is 18.1. The molecule has 0 radical (unpaired) electrons. The third kappa shape index (κ3) is 6.12. The van der Waals surface area contributed by atoms with Crippen molar-refractivity contribution in [2.45, 2.75) is 12.8 Å². The number of hydrogen-bond acceptors (Lipinski definition) is 3. The minimum absolute atomic E-state index is 0.0525. The van der Waals surface area contributed by atoms with E-state index >= 15 is 0 Å². The molecule has 0 aliphatic carbocycles. The Morgan fingerprint density at radius 3 is 2.40 bits per heavy atom. The molecule has 0 fully saturated rings. The highest BCUT2D eigenvalue weighted by Crippen LogP contribution is 2.27. The molecule has 2 rings (SSSR count). The minimum atomic E-state index is 0.0525. The van der Waals surface area contributed by atoms with Crippen molar-refractivity contribution in [3.05, 3.63) is 54.1 Å². The molecule has 2 N–H and O–H groups in total. The molecular formula is C20H27N2O3+. The smallest absolute Gasteiger partial charge is 0.230 e. The van der Waals surface area contributed by atoms with E-state index in [4.69, 9.17) is 9.47 Å². The zero-order valence-corrected chi connectivity index (χ0v) is 15.2. The Morgan fingerprint density at radius 2 is 1.72 bits per heavy atom. The quantitative estimate of drug-likeness (QED) is 0.730. The van der Waals surface area contributed by atoms with Crippen LogP contribution in [0.3, 0.4) is 0 Å². The molecule has 0 aliphatic heterocycles. The maximum absolute atomic E-state index is 12.0. The number of carbonyl (C=O) groups is 1. The number of likely N-dealkylation sites (N-methyl/N-ethyl adjacent to an activating group) is 1. The fourth-order valence-electron chi connectivity index (χ4n) is 2.59. The molecule has 1 unspecified atom stereocenters. The minimum Gasteiger partial charge on any atom is -0.493 e. The van der Waals surface area contributed by atoms with Crippen LogP contribution < -0.4 is 19.7 Å². The van der Waals surface area contributed by atoms with E-state index in [1.165, 1.54) is 10.5 Å². The Hall–Kier alpha value is -2.53. The number of anilines is 1. The van der Waals surface area contributed by atoms with Gasteiger partial charge in [-0.25, -0.2) is 0 Å². The van der Waals surface area contributed by atoms with Gasteiger partial charge < -0.3 is 19.7 Å². The first-order chi connectivity index (χ1) is 12.1. The molecule has 134 valence electrons. The van der Waals surface area contributed by atoms with Crippen molar-refractivity contribution in [1.82, 2.24) is 0 Å². The molecule has 25 heavy (non-hydrogen) atoms. The van der Waals surface area contributed by atoms with Crippen molar-refractivity contribution < 1.29 is 19.2 Å². The summed E-state index contributed by atoms with van der Waals surface area (Å²) in [6.07, 6.45) is 1.43. The van der Waals surface area contributed by atoms with Crippen LogP contribution in [0.1, 0.15) is 12.0 Å². The molecule has 2 aromatic carbocycles. The molecule has 1 amide bonds. The number of amides is 1. The lowest BCUT2D eigenvalue weighted by Gasteiger charge is -2.15. The lowest BCUT2D eigenvalue weighted by molar-refractivity contribution is -0.878. The van der Waals surface area contributed by atoms with Gasteiger partial charge in [-0.05, 0) is 29.8 Å². The number of para-hydroxylation sites is 1. The Labute approximate surface area is 149 Å². The van der Waals surface area contributed by atoms with Gasteiger partial charge in [0.2, 0.25) is 5.91 Å². The topological polar surface area (TPSA) is 52.0 Å². The van der Waals surface area contributed by atoms with E-state index in [1.807, 2.05) is 42.5 Å². The fourth-order valence-corrected chi connectivity index (χ4v) is 2.59. The summed E-state index contributed by atoms with van der Waals surface area (Å²) in [5, 5.41) is 2.92. The molecule has 1 atom stereocenters. The summed E-state index contributed by atoms with van der Waals surface area (Å²) in [7, 11) is 5.39. The van der Waals surface area contributed by atoms with Crippen LogP contribution in [-0.4, -0.2) is 40.3 Å². The Kier molecular flexibility index (Phi) is 7.29. The van der Waals surface area contributed by atoms with E-state index in [0.717, 1.165) is 36.7 Å². The number of nitrogens with one attached hydrogen (secondary N) is 2. The highest BCUT2D eigenvalue weighted by atomic mass is 16.5. The maximum Gasteiger partial charge on any atom is 0.230 e. The third-order valence-electron chi connectivity index (χ3n) is 4.12. The van der Waals surface area contributed by atoms with Crippen molar-refractivity contribution in [2.24, 2.45) is 0 Å². The van der Waals surface area contributed by atoms with Gasteiger partial charge in [0.25, 0.3) is 0 Å². The van der Waals surface area contributed by atoms with Crippen molar-refractivity contribution in [3.8, 4) is 11.5 Å². The van der Waals surface area contributed by atoms with Crippen LogP contribution in [0, 0.1) is 0 Å². The molecule has 5 heteroatoms. The van der Waals surface area contributed by atoms with Crippen LogP contribution in [-0.2, 0) is 11.2 Å². The second kappa shape index (κ2) is 9.69. The number of carbonyl (C=O) groups excluding carboxylic acids is 1. The molecule has 5 nitrogen and oxygen atoms in total. The molecule has 0 bridgehead atoms. The van der Waals surface area contributed by atoms with Gasteiger partial charge >= 0.3 is 0 Å². The highest BCUT2D eigenvalue weighted by Gasteiger charge is 2.09. The van der Waals surface area contributed by atoms with E-state index in [9.17, 15) is 4.79 Å². The van der Waals surface area contributed by atoms with Crippen LogP contribution in [0.2, 0.25) is 0 Å². The average molecular weight is 343 g/mol. The van der Waals surface area contributed by atoms with Crippen molar-refractivity contribution in [1.29, 1.82) is 0 Å². The van der Waals surface area contributed by atoms with Gasteiger partial charge in [-0.15, -0.1) is 0 Å². The molecule has 0 saturated carbocycles. The summed E-state index contributed by atoms with van der Waals surface area (Å²) in [5.41, 5.74) is 2.04. The summed E-state index contributed by atoms with van der Waals surface area (Å²) < 4.78 is 10.6. The standard InChI is InChI=1S/C20H26N2O3/c1-22(14-12-20(23)21-17-7-5-4-6-8-17)13-11-16-9-10-18(24-2)19(15-16)25-3/h4-10,15H,11-14H2,1-3H3,(H,21,23)/p+1. The van der Waals surface area contributed by atoms with Gasteiger partial charge in [-0.2, -0.15) is 0 Å². The second-order valence-corrected chi connectivity index (χ2v) is 6.06. The van der Waals surface area contributed by atoms with Crippen molar-refractivity contribution >= 4 is 11.6 Å². The summed E-state index contributed by atoms with van der Waals surface area (Å²) in [5.74, 6) is 1.54.